The second kappa shape index (κ2) is 7.17. The summed E-state index contributed by atoms with van der Waals surface area (Å²) in [6.45, 7) is 1.08. The fourth-order valence-electron chi connectivity index (χ4n) is 2.73. The van der Waals surface area contributed by atoms with Crippen molar-refractivity contribution < 1.29 is 18.4 Å². The first-order valence-electron chi connectivity index (χ1n) is 7.62. The molecule has 126 valence electrons. The lowest BCUT2D eigenvalue weighted by Gasteiger charge is -2.32. The summed E-state index contributed by atoms with van der Waals surface area (Å²) in [5, 5.41) is 2.84. The number of nitrogens with one attached hydrogen (secondary N) is 1. The van der Waals surface area contributed by atoms with Gasteiger partial charge in [-0.1, -0.05) is 15.9 Å². The van der Waals surface area contributed by atoms with E-state index in [1.165, 1.54) is 24.7 Å². The third-order valence-electron chi connectivity index (χ3n) is 4.06. The SMILES string of the molecule is O=C(NC1CCN(C(=O)c2ccoc2)CC1)c1ccc(Br)cc1F. The van der Waals surface area contributed by atoms with Gasteiger partial charge in [-0.3, -0.25) is 9.59 Å². The zero-order valence-electron chi connectivity index (χ0n) is 12.8. The summed E-state index contributed by atoms with van der Waals surface area (Å²) < 4.78 is 19.3. The number of hydrogen-bond donors (Lipinski definition) is 1. The molecule has 7 heteroatoms. The first-order chi connectivity index (χ1) is 11.5. The average Bonchev–Trinajstić information content (AvgIpc) is 3.09. The fourth-order valence-corrected chi connectivity index (χ4v) is 3.07. The quantitative estimate of drug-likeness (QED) is 0.868. The van der Waals surface area contributed by atoms with Crippen LogP contribution >= 0.6 is 15.9 Å². The monoisotopic (exact) mass is 394 g/mol. The van der Waals surface area contributed by atoms with Gasteiger partial charge in [-0.2, -0.15) is 0 Å². The van der Waals surface area contributed by atoms with Crippen LogP contribution in [-0.2, 0) is 0 Å². The van der Waals surface area contributed by atoms with Gasteiger partial charge >= 0.3 is 0 Å². The molecule has 0 radical (unpaired) electrons. The van der Waals surface area contributed by atoms with E-state index >= 15 is 0 Å². The number of piperidine rings is 1. The number of benzene rings is 1. The average molecular weight is 395 g/mol. The minimum atomic E-state index is -0.561. The molecule has 0 unspecified atom stereocenters. The van der Waals surface area contributed by atoms with E-state index < -0.39 is 11.7 Å². The van der Waals surface area contributed by atoms with Crippen LogP contribution in [0.15, 0.2) is 45.7 Å². The van der Waals surface area contributed by atoms with Crippen molar-refractivity contribution in [2.45, 2.75) is 18.9 Å². The van der Waals surface area contributed by atoms with Gasteiger partial charge in [-0.05, 0) is 37.1 Å². The number of furan rings is 1. The summed E-state index contributed by atoms with van der Waals surface area (Å²) in [5.74, 6) is -1.07. The smallest absolute Gasteiger partial charge is 0.257 e. The maximum absolute atomic E-state index is 13.8. The molecule has 1 aromatic heterocycles. The predicted molar refractivity (Wildman–Crippen MR) is 89.2 cm³/mol. The Labute approximate surface area is 146 Å². The number of halogens is 2. The van der Waals surface area contributed by atoms with Crippen LogP contribution in [-0.4, -0.2) is 35.8 Å². The summed E-state index contributed by atoms with van der Waals surface area (Å²) in [5.41, 5.74) is 0.546. The van der Waals surface area contributed by atoms with E-state index in [1.807, 2.05) is 0 Å². The van der Waals surface area contributed by atoms with Crippen molar-refractivity contribution in [3.63, 3.8) is 0 Å². The van der Waals surface area contributed by atoms with Gasteiger partial charge in [-0.25, -0.2) is 4.39 Å². The molecule has 1 N–H and O–H groups in total. The van der Waals surface area contributed by atoms with Gasteiger partial charge in [-0.15, -0.1) is 0 Å². The highest BCUT2D eigenvalue weighted by molar-refractivity contribution is 9.10. The Bertz CT molecular complexity index is 740. The van der Waals surface area contributed by atoms with Crippen molar-refractivity contribution in [3.05, 3.63) is 58.2 Å². The van der Waals surface area contributed by atoms with Crippen LogP contribution in [0.25, 0.3) is 0 Å². The molecule has 0 spiro atoms. The molecule has 1 aromatic carbocycles. The van der Waals surface area contributed by atoms with Gasteiger partial charge < -0.3 is 14.6 Å². The van der Waals surface area contributed by atoms with Crippen LogP contribution in [0.5, 0.6) is 0 Å². The van der Waals surface area contributed by atoms with Crippen LogP contribution in [0.3, 0.4) is 0 Å². The molecule has 2 aromatic rings. The normalized spacial score (nSPS) is 15.3. The third kappa shape index (κ3) is 3.67. The molecule has 2 amide bonds. The highest BCUT2D eigenvalue weighted by Crippen LogP contribution is 2.17. The number of amides is 2. The first kappa shape index (κ1) is 16.7. The standard InChI is InChI=1S/C17H16BrFN2O3/c18-12-1-2-14(15(19)9-12)16(22)20-13-3-6-21(7-4-13)17(23)11-5-8-24-10-11/h1-2,5,8-10,13H,3-4,6-7H2,(H,20,22). The molecule has 1 fully saturated rings. The van der Waals surface area contributed by atoms with Gasteiger partial charge in [0, 0.05) is 23.6 Å². The molecule has 3 rings (SSSR count). The summed E-state index contributed by atoms with van der Waals surface area (Å²) in [7, 11) is 0. The minimum Gasteiger partial charge on any atom is -0.472 e. The van der Waals surface area contributed by atoms with Crippen molar-refractivity contribution >= 4 is 27.7 Å². The number of hydrogen-bond acceptors (Lipinski definition) is 3. The van der Waals surface area contributed by atoms with Crippen molar-refractivity contribution in [1.29, 1.82) is 0 Å². The lowest BCUT2D eigenvalue weighted by atomic mass is 10.0. The Morgan fingerprint density at radius 1 is 1.25 bits per heavy atom. The van der Waals surface area contributed by atoms with E-state index in [0.717, 1.165) is 0 Å². The zero-order valence-corrected chi connectivity index (χ0v) is 14.4. The maximum atomic E-state index is 13.8. The van der Waals surface area contributed by atoms with Gasteiger partial charge in [0.2, 0.25) is 0 Å². The van der Waals surface area contributed by atoms with Crippen molar-refractivity contribution in [2.24, 2.45) is 0 Å². The molecule has 0 atom stereocenters. The Hall–Kier alpha value is -2.15. The molecule has 1 saturated heterocycles. The maximum Gasteiger partial charge on any atom is 0.257 e. The summed E-state index contributed by atoms with van der Waals surface area (Å²) in [4.78, 5) is 26.1. The summed E-state index contributed by atoms with van der Waals surface area (Å²) >= 11 is 3.16. The van der Waals surface area contributed by atoms with Gasteiger partial charge in [0.25, 0.3) is 11.8 Å². The van der Waals surface area contributed by atoms with E-state index in [-0.39, 0.29) is 17.5 Å². The van der Waals surface area contributed by atoms with Crippen LogP contribution in [0.1, 0.15) is 33.6 Å². The summed E-state index contributed by atoms with van der Waals surface area (Å²) in [6.07, 6.45) is 4.15. The molecule has 0 bridgehead atoms. The van der Waals surface area contributed by atoms with Crippen LogP contribution < -0.4 is 5.32 Å². The lowest BCUT2D eigenvalue weighted by Crippen LogP contribution is -2.46. The van der Waals surface area contributed by atoms with Crippen LogP contribution in [0, 0.1) is 5.82 Å². The largest absolute Gasteiger partial charge is 0.472 e. The van der Waals surface area contributed by atoms with E-state index in [0.29, 0.717) is 36.0 Å². The summed E-state index contributed by atoms with van der Waals surface area (Å²) in [6, 6.07) is 5.90. The Morgan fingerprint density at radius 3 is 2.62 bits per heavy atom. The molecule has 0 saturated carbocycles. The topological polar surface area (TPSA) is 62.6 Å². The molecule has 1 aliphatic heterocycles. The van der Waals surface area contributed by atoms with Gasteiger partial charge in [0.05, 0.1) is 17.4 Å². The minimum absolute atomic E-state index is 0.0232. The molecular weight excluding hydrogens is 379 g/mol. The Kier molecular flexibility index (Phi) is 4.99. The number of likely N-dealkylation sites (tertiary alicyclic amines) is 1. The van der Waals surface area contributed by atoms with Gasteiger partial charge in [0.15, 0.2) is 0 Å². The molecule has 2 heterocycles. The number of carbonyl (C=O) groups excluding carboxylic acids is 2. The number of rotatable bonds is 3. The third-order valence-corrected chi connectivity index (χ3v) is 4.55. The Morgan fingerprint density at radius 2 is 2.00 bits per heavy atom. The fraction of sp³-hybridized carbons (Fsp3) is 0.294. The lowest BCUT2D eigenvalue weighted by molar-refractivity contribution is 0.0697. The zero-order chi connectivity index (χ0) is 17.1. The number of nitrogens with zero attached hydrogens (tertiary/aromatic N) is 1. The van der Waals surface area contributed by atoms with Crippen molar-refractivity contribution in [3.8, 4) is 0 Å². The second-order valence-electron chi connectivity index (χ2n) is 5.68. The van der Waals surface area contributed by atoms with E-state index in [9.17, 15) is 14.0 Å². The van der Waals surface area contributed by atoms with E-state index in [4.69, 9.17) is 4.42 Å². The van der Waals surface area contributed by atoms with Crippen LogP contribution in [0.4, 0.5) is 4.39 Å². The molecule has 24 heavy (non-hydrogen) atoms. The second-order valence-corrected chi connectivity index (χ2v) is 6.59. The van der Waals surface area contributed by atoms with E-state index in [2.05, 4.69) is 21.2 Å². The van der Waals surface area contributed by atoms with E-state index in [1.54, 1.807) is 17.0 Å². The highest BCUT2D eigenvalue weighted by atomic mass is 79.9. The Balaban J connectivity index is 1.55. The molecule has 5 nitrogen and oxygen atoms in total. The molecule has 0 aliphatic carbocycles. The van der Waals surface area contributed by atoms with Crippen molar-refractivity contribution in [1.82, 2.24) is 10.2 Å². The molecule has 1 aliphatic rings. The van der Waals surface area contributed by atoms with Crippen molar-refractivity contribution in [2.75, 3.05) is 13.1 Å². The van der Waals surface area contributed by atoms with Gasteiger partial charge in [0.1, 0.15) is 12.1 Å². The first-order valence-corrected chi connectivity index (χ1v) is 8.41. The predicted octanol–water partition coefficient (Wildman–Crippen LogP) is 3.22. The highest BCUT2D eigenvalue weighted by Gasteiger charge is 2.25. The van der Waals surface area contributed by atoms with Crippen LogP contribution in [0.2, 0.25) is 0 Å². The number of carbonyl (C=O) groups is 2. The molecular formula is C17H16BrFN2O3.